The van der Waals surface area contributed by atoms with Crippen LogP contribution in [0.3, 0.4) is 0 Å². The SMILES string of the molecule is O=C(C[n+]1cccc(C(=O)c2ccccc2)c1)c1cccc([N+](=O)[O-])c1. The summed E-state index contributed by atoms with van der Waals surface area (Å²) in [5, 5.41) is 10.8. The lowest BCUT2D eigenvalue weighted by Gasteiger charge is -2.02. The Morgan fingerprint density at radius 3 is 2.31 bits per heavy atom. The Hall–Kier alpha value is -3.67. The molecule has 0 bridgehead atoms. The number of nitrogens with zero attached hydrogens (tertiary/aromatic N) is 2. The van der Waals surface area contributed by atoms with Crippen LogP contribution >= 0.6 is 0 Å². The highest BCUT2D eigenvalue weighted by molar-refractivity contribution is 6.08. The van der Waals surface area contributed by atoms with Crippen LogP contribution in [0.1, 0.15) is 26.3 Å². The van der Waals surface area contributed by atoms with Crippen LogP contribution in [0, 0.1) is 10.1 Å². The lowest BCUT2D eigenvalue weighted by atomic mass is 10.1. The number of carbonyl (C=O) groups is 2. The van der Waals surface area contributed by atoms with Gasteiger partial charge in [-0.1, -0.05) is 42.5 Å². The van der Waals surface area contributed by atoms with E-state index in [1.54, 1.807) is 53.4 Å². The van der Waals surface area contributed by atoms with Crippen LogP contribution in [0.15, 0.2) is 79.1 Å². The summed E-state index contributed by atoms with van der Waals surface area (Å²) in [5.74, 6) is -0.411. The molecule has 2 aromatic carbocycles. The first-order valence-electron chi connectivity index (χ1n) is 7.91. The van der Waals surface area contributed by atoms with E-state index in [0.29, 0.717) is 11.1 Å². The summed E-state index contributed by atoms with van der Waals surface area (Å²) in [6, 6.07) is 17.8. The number of aromatic nitrogens is 1. The Labute approximate surface area is 149 Å². The number of Topliss-reactive ketones (excluding diaryl/α,β-unsaturated/α-hetero) is 1. The summed E-state index contributed by atoms with van der Waals surface area (Å²) in [4.78, 5) is 35.2. The molecule has 0 aliphatic rings. The molecule has 1 heterocycles. The average Bonchev–Trinajstić information content (AvgIpc) is 2.68. The van der Waals surface area contributed by atoms with Crippen molar-refractivity contribution < 1.29 is 19.1 Å². The van der Waals surface area contributed by atoms with E-state index in [4.69, 9.17) is 0 Å². The lowest BCUT2D eigenvalue weighted by molar-refractivity contribution is -0.683. The van der Waals surface area contributed by atoms with Gasteiger partial charge in [0.2, 0.25) is 12.3 Å². The highest BCUT2D eigenvalue weighted by Crippen LogP contribution is 2.13. The first-order valence-corrected chi connectivity index (χ1v) is 7.91. The van der Waals surface area contributed by atoms with Gasteiger partial charge >= 0.3 is 0 Å². The van der Waals surface area contributed by atoms with E-state index < -0.39 is 4.92 Å². The van der Waals surface area contributed by atoms with Gasteiger partial charge < -0.3 is 0 Å². The Bertz CT molecular complexity index is 984. The van der Waals surface area contributed by atoms with E-state index >= 15 is 0 Å². The van der Waals surface area contributed by atoms with Crippen molar-refractivity contribution in [2.75, 3.05) is 0 Å². The maximum Gasteiger partial charge on any atom is 0.270 e. The van der Waals surface area contributed by atoms with Crippen molar-refractivity contribution in [3.8, 4) is 0 Å². The fraction of sp³-hybridized carbons (Fsp3) is 0.0500. The number of benzene rings is 2. The number of nitro benzene ring substituents is 1. The largest absolute Gasteiger partial charge is 0.288 e. The van der Waals surface area contributed by atoms with Gasteiger partial charge in [0.05, 0.1) is 10.5 Å². The monoisotopic (exact) mass is 347 g/mol. The van der Waals surface area contributed by atoms with Crippen molar-refractivity contribution >= 4 is 17.3 Å². The summed E-state index contributed by atoms with van der Waals surface area (Å²) in [5.41, 5.74) is 1.15. The van der Waals surface area contributed by atoms with E-state index in [1.807, 2.05) is 6.07 Å². The van der Waals surface area contributed by atoms with E-state index in [0.717, 1.165) is 0 Å². The number of non-ortho nitro benzene ring substituents is 1. The minimum Gasteiger partial charge on any atom is -0.288 e. The summed E-state index contributed by atoms with van der Waals surface area (Å²) in [6.45, 7) is -0.0168. The predicted octanol–water partition coefficient (Wildman–Crippen LogP) is 3.00. The predicted molar refractivity (Wildman–Crippen MR) is 93.9 cm³/mol. The van der Waals surface area contributed by atoms with Gasteiger partial charge in [0.25, 0.3) is 5.69 Å². The van der Waals surface area contributed by atoms with Crippen LogP contribution in [-0.2, 0) is 6.54 Å². The van der Waals surface area contributed by atoms with Crippen molar-refractivity contribution in [3.63, 3.8) is 0 Å². The minimum atomic E-state index is -0.539. The highest BCUT2D eigenvalue weighted by atomic mass is 16.6. The van der Waals surface area contributed by atoms with Gasteiger partial charge in [-0.05, 0) is 6.07 Å². The second-order valence-corrected chi connectivity index (χ2v) is 5.69. The maximum absolute atomic E-state index is 12.5. The first kappa shape index (κ1) is 17.2. The van der Waals surface area contributed by atoms with Crippen LogP contribution in [0.5, 0.6) is 0 Å². The Morgan fingerprint density at radius 2 is 1.58 bits per heavy atom. The molecule has 0 aliphatic heterocycles. The number of pyridine rings is 1. The molecule has 0 atom stereocenters. The van der Waals surface area contributed by atoms with E-state index in [1.165, 1.54) is 24.3 Å². The third kappa shape index (κ3) is 3.87. The molecular weight excluding hydrogens is 332 g/mol. The molecular formula is C20H15N2O4+. The summed E-state index contributed by atoms with van der Waals surface area (Å²) in [6.07, 6.45) is 3.28. The molecule has 3 rings (SSSR count). The van der Waals surface area contributed by atoms with Gasteiger partial charge in [0, 0.05) is 29.3 Å². The quantitative estimate of drug-likeness (QED) is 0.297. The smallest absolute Gasteiger partial charge is 0.270 e. The molecule has 0 radical (unpaired) electrons. The third-order valence-electron chi connectivity index (χ3n) is 3.86. The van der Waals surface area contributed by atoms with E-state index in [-0.39, 0.29) is 29.4 Å². The van der Waals surface area contributed by atoms with Gasteiger partial charge in [0.1, 0.15) is 0 Å². The van der Waals surface area contributed by atoms with Crippen molar-refractivity contribution in [1.29, 1.82) is 0 Å². The van der Waals surface area contributed by atoms with Gasteiger partial charge in [-0.25, -0.2) is 0 Å². The van der Waals surface area contributed by atoms with Crippen molar-refractivity contribution in [2.45, 2.75) is 6.54 Å². The van der Waals surface area contributed by atoms with Gasteiger partial charge in [0.15, 0.2) is 18.2 Å². The molecule has 3 aromatic rings. The lowest BCUT2D eigenvalue weighted by Crippen LogP contribution is -2.38. The Kier molecular flexibility index (Phi) is 4.94. The summed E-state index contributed by atoms with van der Waals surface area (Å²) < 4.78 is 1.59. The minimum absolute atomic E-state index is 0.0168. The zero-order valence-corrected chi connectivity index (χ0v) is 13.7. The number of carbonyl (C=O) groups excluding carboxylic acids is 2. The normalized spacial score (nSPS) is 10.3. The number of hydrogen-bond donors (Lipinski definition) is 0. The molecule has 0 saturated carbocycles. The molecule has 0 aliphatic carbocycles. The van der Waals surface area contributed by atoms with Crippen molar-refractivity contribution in [3.05, 3.63) is 106 Å². The van der Waals surface area contributed by atoms with Crippen LogP contribution in [0.2, 0.25) is 0 Å². The Balaban J connectivity index is 1.81. The summed E-state index contributed by atoms with van der Waals surface area (Å²) in [7, 11) is 0. The van der Waals surface area contributed by atoms with Crippen LogP contribution in [0.4, 0.5) is 5.69 Å². The van der Waals surface area contributed by atoms with Crippen LogP contribution < -0.4 is 4.57 Å². The number of rotatable bonds is 6. The highest BCUT2D eigenvalue weighted by Gasteiger charge is 2.17. The molecule has 0 saturated heterocycles. The number of nitro groups is 1. The van der Waals surface area contributed by atoms with Crippen molar-refractivity contribution in [2.24, 2.45) is 0 Å². The Morgan fingerprint density at radius 1 is 0.885 bits per heavy atom. The summed E-state index contributed by atoms with van der Waals surface area (Å²) >= 11 is 0. The molecule has 6 nitrogen and oxygen atoms in total. The zero-order valence-electron chi connectivity index (χ0n) is 13.7. The third-order valence-corrected chi connectivity index (χ3v) is 3.86. The topological polar surface area (TPSA) is 81.2 Å². The molecule has 1 aromatic heterocycles. The average molecular weight is 347 g/mol. The number of hydrogen-bond acceptors (Lipinski definition) is 4. The molecule has 26 heavy (non-hydrogen) atoms. The molecule has 0 spiro atoms. The molecule has 0 fully saturated rings. The zero-order chi connectivity index (χ0) is 18.5. The van der Waals surface area contributed by atoms with Crippen LogP contribution in [0.25, 0.3) is 0 Å². The molecule has 0 unspecified atom stereocenters. The fourth-order valence-corrected chi connectivity index (χ4v) is 2.56. The standard InChI is InChI=1S/C20H15N2O4/c23-19(16-8-4-10-18(12-16)22(25)26)14-21-11-5-9-17(13-21)20(24)15-6-2-1-3-7-15/h1-13H,14H2/q+1. The van der Waals surface area contributed by atoms with Gasteiger partial charge in [-0.15, -0.1) is 0 Å². The first-order chi connectivity index (χ1) is 12.5. The van der Waals surface area contributed by atoms with E-state index in [2.05, 4.69) is 0 Å². The molecule has 128 valence electrons. The van der Waals surface area contributed by atoms with Gasteiger partial charge in [-0.2, -0.15) is 4.57 Å². The molecule has 6 heteroatoms. The molecule has 0 N–H and O–H groups in total. The van der Waals surface area contributed by atoms with Crippen LogP contribution in [-0.4, -0.2) is 16.5 Å². The maximum atomic E-state index is 12.5. The fourth-order valence-electron chi connectivity index (χ4n) is 2.56. The number of ketones is 2. The van der Waals surface area contributed by atoms with E-state index in [9.17, 15) is 19.7 Å². The second-order valence-electron chi connectivity index (χ2n) is 5.69. The second kappa shape index (κ2) is 7.48. The van der Waals surface area contributed by atoms with Gasteiger partial charge in [-0.3, -0.25) is 19.7 Å². The molecule has 0 amide bonds. The van der Waals surface area contributed by atoms with Crippen molar-refractivity contribution in [1.82, 2.24) is 0 Å².